The second kappa shape index (κ2) is 5.73. The summed E-state index contributed by atoms with van der Waals surface area (Å²) in [6.07, 6.45) is 3.26. The molecule has 5 heteroatoms. The van der Waals surface area contributed by atoms with Gasteiger partial charge >= 0.3 is 0 Å². The smallest absolute Gasteiger partial charge is 0.168 e. The molecule has 0 unspecified atom stereocenters. The van der Waals surface area contributed by atoms with Crippen LogP contribution in [0, 0.1) is 13.8 Å². The molecule has 0 fully saturated rings. The fourth-order valence-electron chi connectivity index (χ4n) is 2.75. The summed E-state index contributed by atoms with van der Waals surface area (Å²) in [7, 11) is 0. The van der Waals surface area contributed by atoms with Gasteiger partial charge in [0.2, 0.25) is 0 Å². The van der Waals surface area contributed by atoms with Gasteiger partial charge in [-0.2, -0.15) is 0 Å². The number of aromatic nitrogens is 4. The van der Waals surface area contributed by atoms with E-state index in [1.165, 1.54) is 11.9 Å². The molecular weight excluding hydrogens is 320 g/mol. The third kappa shape index (κ3) is 2.45. The van der Waals surface area contributed by atoms with Gasteiger partial charge in [0.05, 0.1) is 11.2 Å². The van der Waals surface area contributed by atoms with Crippen LogP contribution in [0.2, 0.25) is 5.02 Å². The Hall–Kier alpha value is -2.72. The Morgan fingerprint density at radius 2 is 1.71 bits per heavy atom. The summed E-state index contributed by atoms with van der Waals surface area (Å²) >= 11 is 6.49. The van der Waals surface area contributed by atoms with Crippen LogP contribution in [0.4, 0.5) is 0 Å². The summed E-state index contributed by atoms with van der Waals surface area (Å²) in [5.74, 6) is 0.763. The molecule has 0 aliphatic rings. The molecule has 0 saturated heterocycles. The monoisotopic (exact) mass is 334 g/mol. The zero-order valence-corrected chi connectivity index (χ0v) is 14.1. The van der Waals surface area contributed by atoms with Crippen LogP contribution in [0.3, 0.4) is 0 Å². The highest BCUT2D eigenvalue weighted by Gasteiger charge is 2.17. The first-order valence-electron chi connectivity index (χ1n) is 7.65. The van der Waals surface area contributed by atoms with Crippen molar-refractivity contribution < 1.29 is 0 Å². The number of benzene rings is 2. The minimum Gasteiger partial charge on any atom is -0.277 e. The molecule has 4 rings (SSSR count). The molecule has 0 amide bonds. The van der Waals surface area contributed by atoms with Gasteiger partial charge in [0.15, 0.2) is 5.65 Å². The highest BCUT2D eigenvalue weighted by molar-refractivity contribution is 6.33. The van der Waals surface area contributed by atoms with Crippen molar-refractivity contribution in [2.45, 2.75) is 13.8 Å². The molecule has 118 valence electrons. The van der Waals surface area contributed by atoms with E-state index >= 15 is 0 Å². The summed E-state index contributed by atoms with van der Waals surface area (Å²) in [4.78, 5) is 13.2. The van der Waals surface area contributed by atoms with Gasteiger partial charge in [-0.3, -0.25) is 4.57 Å². The molecule has 4 nitrogen and oxygen atoms in total. The molecule has 0 N–H and O–H groups in total. The molecule has 0 radical (unpaired) electrons. The first-order valence-corrected chi connectivity index (χ1v) is 8.03. The normalized spacial score (nSPS) is 11.1. The Balaban J connectivity index is 2.05. The summed E-state index contributed by atoms with van der Waals surface area (Å²) in [5, 5.41) is 0.673. The van der Waals surface area contributed by atoms with Gasteiger partial charge in [-0.15, -0.1) is 0 Å². The molecule has 0 spiro atoms. The number of hydrogen-bond donors (Lipinski definition) is 0. The van der Waals surface area contributed by atoms with Crippen molar-refractivity contribution in [3.8, 4) is 17.1 Å². The fourth-order valence-corrected chi connectivity index (χ4v) is 3.07. The maximum absolute atomic E-state index is 6.49. The standard InChI is InChI=1S/C19H15ClN4/c1-12-3-6-14(7-4-12)24-18(15-8-5-13(2)9-16(15)20)23-17-10-21-11-22-19(17)24/h3-11H,1-2H3. The summed E-state index contributed by atoms with van der Waals surface area (Å²) in [6.45, 7) is 4.08. The molecular formula is C19H15ClN4. The molecule has 0 aliphatic heterocycles. The topological polar surface area (TPSA) is 43.6 Å². The average molecular weight is 335 g/mol. The van der Waals surface area contributed by atoms with E-state index in [2.05, 4.69) is 41.2 Å². The van der Waals surface area contributed by atoms with Crippen LogP contribution in [0.15, 0.2) is 55.0 Å². The van der Waals surface area contributed by atoms with Crippen molar-refractivity contribution in [2.24, 2.45) is 0 Å². The van der Waals surface area contributed by atoms with E-state index in [0.717, 1.165) is 33.8 Å². The lowest BCUT2D eigenvalue weighted by atomic mass is 10.1. The van der Waals surface area contributed by atoms with Gasteiger partial charge in [0.1, 0.15) is 17.7 Å². The second-order valence-corrected chi connectivity index (χ2v) is 6.23. The van der Waals surface area contributed by atoms with Crippen LogP contribution >= 0.6 is 11.6 Å². The average Bonchev–Trinajstić information content (AvgIpc) is 2.95. The van der Waals surface area contributed by atoms with Gasteiger partial charge in [0.25, 0.3) is 0 Å². The van der Waals surface area contributed by atoms with Crippen molar-refractivity contribution in [2.75, 3.05) is 0 Å². The Labute approximate surface area is 144 Å². The Kier molecular flexibility index (Phi) is 3.54. The fraction of sp³-hybridized carbons (Fsp3) is 0.105. The van der Waals surface area contributed by atoms with Crippen molar-refractivity contribution >= 4 is 22.8 Å². The molecule has 0 bridgehead atoms. The predicted molar refractivity (Wildman–Crippen MR) is 96.6 cm³/mol. The lowest BCUT2D eigenvalue weighted by Gasteiger charge is -2.10. The maximum Gasteiger partial charge on any atom is 0.168 e. The molecule has 0 saturated carbocycles. The van der Waals surface area contributed by atoms with E-state index in [9.17, 15) is 0 Å². The lowest BCUT2D eigenvalue weighted by Crippen LogP contribution is -1.99. The van der Waals surface area contributed by atoms with Gasteiger partial charge < -0.3 is 0 Å². The van der Waals surface area contributed by atoms with Gasteiger partial charge in [0, 0.05) is 11.3 Å². The third-order valence-electron chi connectivity index (χ3n) is 3.98. The van der Waals surface area contributed by atoms with Gasteiger partial charge in [-0.05, 0) is 43.7 Å². The zero-order valence-electron chi connectivity index (χ0n) is 13.4. The molecule has 0 atom stereocenters. The van der Waals surface area contributed by atoms with Crippen molar-refractivity contribution in [1.82, 2.24) is 19.5 Å². The van der Waals surface area contributed by atoms with Crippen LogP contribution < -0.4 is 0 Å². The highest BCUT2D eigenvalue weighted by Crippen LogP contribution is 2.32. The van der Waals surface area contributed by atoms with Crippen molar-refractivity contribution in [3.63, 3.8) is 0 Å². The quantitative estimate of drug-likeness (QED) is 0.531. The summed E-state index contributed by atoms with van der Waals surface area (Å²) < 4.78 is 2.02. The van der Waals surface area contributed by atoms with E-state index in [1.807, 2.05) is 29.7 Å². The predicted octanol–water partition coefficient (Wildman–Crippen LogP) is 4.75. The van der Waals surface area contributed by atoms with E-state index in [4.69, 9.17) is 16.6 Å². The number of aryl methyl sites for hydroxylation is 2. The Morgan fingerprint density at radius 3 is 2.46 bits per heavy atom. The van der Waals surface area contributed by atoms with Crippen molar-refractivity contribution in [1.29, 1.82) is 0 Å². The number of imidazole rings is 1. The molecule has 4 aromatic rings. The molecule has 24 heavy (non-hydrogen) atoms. The Bertz CT molecular complexity index is 1040. The first-order chi connectivity index (χ1) is 11.6. The summed E-state index contributed by atoms with van der Waals surface area (Å²) in [6, 6.07) is 14.2. The van der Waals surface area contributed by atoms with Gasteiger partial charge in [-0.25, -0.2) is 15.0 Å². The molecule has 0 aliphatic carbocycles. The second-order valence-electron chi connectivity index (χ2n) is 5.82. The number of nitrogens with zero attached hydrogens (tertiary/aromatic N) is 4. The minimum absolute atomic E-state index is 0.673. The number of halogens is 1. The van der Waals surface area contributed by atoms with Crippen LogP contribution in [0.1, 0.15) is 11.1 Å². The summed E-state index contributed by atoms with van der Waals surface area (Å²) in [5.41, 5.74) is 5.69. The number of fused-ring (bicyclic) bond motifs is 1. The lowest BCUT2D eigenvalue weighted by molar-refractivity contribution is 1.07. The molecule has 2 aromatic heterocycles. The zero-order chi connectivity index (χ0) is 16.7. The number of rotatable bonds is 2. The number of hydrogen-bond acceptors (Lipinski definition) is 3. The van der Waals surface area contributed by atoms with Gasteiger partial charge in [-0.1, -0.05) is 35.4 Å². The van der Waals surface area contributed by atoms with E-state index in [0.29, 0.717) is 5.02 Å². The van der Waals surface area contributed by atoms with Crippen molar-refractivity contribution in [3.05, 3.63) is 71.1 Å². The Morgan fingerprint density at radius 1 is 0.958 bits per heavy atom. The van der Waals surface area contributed by atoms with E-state index < -0.39 is 0 Å². The van der Waals surface area contributed by atoms with Crippen LogP contribution in [0.25, 0.3) is 28.2 Å². The maximum atomic E-state index is 6.49. The van der Waals surface area contributed by atoms with Crippen LogP contribution in [0.5, 0.6) is 0 Å². The largest absolute Gasteiger partial charge is 0.277 e. The highest BCUT2D eigenvalue weighted by atomic mass is 35.5. The molecule has 2 heterocycles. The minimum atomic E-state index is 0.673. The van der Waals surface area contributed by atoms with E-state index in [-0.39, 0.29) is 0 Å². The molecule has 2 aromatic carbocycles. The SMILES string of the molecule is Cc1ccc(-n2c(-c3ccc(C)cc3Cl)nc3cncnc32)cc1. The first kappa shape index (κ1) is 14.8. The van der Waals surface area contributed by atoms with Crippen LogP contribution in [-0.2, 0) is 0 Å². The third-order valence-corrected chi connectivity index (χ3v) is 4.29. The van der Waals surface area contributed by atoms with E-state index in [1.54, 1.807) is 6.20 Å². The van der Waals surface area contributed by atoms with Crippen LogP contribution in [-0.4, -0.2) is 19.5 Å².